The summed E-state index contributed by atoms with van der Waals surface area (Å²) in [5.41, 5.74) is 0.683. The van der Waals surface area contributed by atoms with E-state index in [9.17, 15) is 5.11 Å². The van der Waals surface area contributed by atoms with Gasteiger partial charge in [0.05, 0.1) is 12.2 Å². The first-order valence-electron chi connectivity index (χ1n) is 13.6. The molecule has 0 amide bonds. The Kier molecular flexibility index (Phi) is 6.05. The second-order valence-electron chi connectivity index (χ2n) is 13.2. The molecular formula is C28H48O3. The lowest BCUT2D eigenvalue weighted by molar-refractivity contribution is -0.149. The Morgan fingerprint density at radius 2 is 1.65 bits per heavy atom. The first-order chi connectivity index (χ1) is 14.8. The van der Waals surface area contributed by atoms with Crippen molar-refractivity contribution in [3.05, 3.63) is 0 Å². The van der Waals surface area contributed by atoms with Gasteiger partial charge in [-0.25, -0.2) is 0 Å². The molecule has 5 fully saturated rings. The van der Waals surface area contributed by atoms with Crippen LogP contribution in [0.5, 0.6) is 0 Å². The van der Waals surface area contributed by atoms with E-state index >= 15 is 0 Å². The molecule has 31 heavy (non-hydrogen) atoms. The van der Waals surface area contributed by atoms with Crippen LogP contribution in [0, 0.1) is 58.2 Å². The van der Waals surface area contributed by atoms with Gasteiger partial charge < -0.3 is 14.6 Å². The molecule has 1 heterocycles. The summed E-state index contributed by atoms with van der Waals surface area (Å²) in [6, 6.07) is 0. The lowest BCUT2D eigenvalue weighted by atomic mass is 9.43. The van der Waals surface area contributed by atoms with E-state index in [1.165, 1.54) is 51.4 Å². The maximum absolute atomic E-state index is 11.8. The molecule has 4 saturated carbocycles. The topological polar surface area (TPSA) is 38.7 Å². The lowest BCUT2D eigenvalue weighted by Crippen LogP contribution is -2.56. The Bertz CT molecular complexity index is 650. The molecule has 0 aromatic heterocycles. The van der Waals surface area contributed by atoms with Crippen LogP contribution in [-0.4, -0.2) is 30.7 Å². The highest BCUT2D eigenvalue weighted by molar-refractivity contribution is 5.15. The third-order valence-corrected chi connectivity index (χ3v) is 11.7. The summed E-state index contributed by atoms with van der Waals surface area (Å²) < 4.78 is 12.1. The molecule has 0 aromatic rings. The van der Waals surface area contributed by atoms with Crippen molar-refractivity contribution in [2.24, 2.45) is 58.2 Å². The molecule has 12 atom stereocenters. The minimum atomic E-state index is -0.326. The normalized spacial score (nSPS) is 57.9. The smallest absolute Gasteiger partial charge is 0.147 e. The molecule has 5 rings (SSSR count). The van der Waals surface area contributed by atoms with Gasteiger partial charge in [0.1, 0.15) is 6.79 Å². The summed E-state index contributed by atoms with van der Waals surface area (Å²) in [4.78, 5) is 0. The number of hydrogen-bond acceptors (Lipinski definition) is 3. The van der Waals surface area contributed by atoms with E-state index in [1.807, 2.05) is 0 Å². The van der Waals surface area contributed by atoms with E-state index in [1.54, 1.807) is 0 Å². The summed E-state index contributed by atoms with van der Waals surface area (Å²) in [6.45, 7) is 13.8. The fourth-order valence-electron chi connectivity index (χ4n) is 10.1. The Morgan fingerprint density at radius 3 is 2.45 bits per heavy atom. The van der Waals surface area contributed by atoms with E-state index in [4.69, 9.17) is 9.47 Å². The summed E-state index contributed by atoms with van der Waals surface area (Å²) >= 11 is 0. The second kappa shape index (κ2) is 8.27. The lowest BCUT2D eigenvalue weighted by Gasteiger charge is -2.62. The summed E-state index contributed by atoms with van der Waals surface area (Å²) in [5, 5.41) is 11.8. The maximum Gasteiger partial charge on any atom is 0.147 e. The zero-order chi connectivity index (χ0) is 22.0. The van der Waals surface area contributed by atoms with E-state index in [0.717, 1.165) is 36.7 Å². The average molecular weight is 433 g/mol. The largest absolute Gasteiger partial charge is 0.390 e. The Balaban J connectivity index is 1.46. The number of hydrogen-bond donors (Lipinski definition) is 1. The van der Waals surface area contributed by atoms with Gasteiger partial charge in [-0.1, -0.05) is 47.5 Å². The van der Waals surface area contributed by atoms with Gasteiger partial charge in [0.2, 0.25) is 0 Å². The van der Waals surface area contributed by atoms with Crippen LogP contribution in [0.3, 0.4) is 0 Å². The van der Waals surface area contributed by atoms with Crippen molar-refractivity contribution < 1.29 is 14.6 Å². The molecule has 178 valence electrons. The fraction of sp³-hybridized carbons (Fsp3) is 1.00. The van der Waals surface area contributed by atoms with Gasteiger partial charge in [-0.05, 0) is 103 Å². The van der Waals surface area contributed by atoms with Crippen molar-refractivity contribution in [1.29, 1.82) is 0 Å². The number of rotatable bonds is 0. The molecule has 0 bridgehead atoms. The van der Waals surface area contributed by atoms with E-state index < -0.39 is 0 Å². The maximum atomic E-state index is 11.8. The van der Waals surface area contributed by atoms with Gasteiger partial charge in [-0.3, -0.25) is 0 Å². The number of ether oxygens (including phenoxy) is 2. The van der Waals surface area contributed by atoms with Crippen LogP contribution in [0.15, 0.2) is 0 Å². The number of fused-ring (bicyclic) bond motifs is 7. The van der Waals surface area contributed by atoms with Crippen LogP contribution in [0.2, 0.25) is 0 Å². The highest BCUT2D eigenvalue weighted by Gasteiger charge is 2.66. The molecule has 8 unspecified atom stereocenters. The van der Waals surface area contributed by atoms with Crippen molar-refractivity contribution in [1.82, 2.24) is 0 Å². The summed E-state index contributed by atoms with van der Waals surface area (Å²) in [7, 11) is 0. The van der Waals surface area contributed by atoms with E-state index in [-0.39, 0.29) is 17.6 Å². The van der Waals surface area contributed by atoms with Crippen LogP contribution >= 0.6 is 0 Å². The van der Waals surface area contributed by atoms with Gasteiger partial charge in [-0.2, -0.15) is 0 Å². The molecular weight excluding hydrogens is 384 g/mol. The highest BCUT2D eigenvalue weighted by atomic mass is 16.7. The number of aliphatic hydroxyl groups excluding tert-OH is 1. The van der Waals surface area contributed by atoms with Gasteiger partial charge in [-0.15, -0.1) is 0 Å². The number of aliphatic hydroxyl groups is 1. The molecule has 3 nitrogen and oxygen atoms in total. The van der Waals surface area contributed by atoms with E-state index in [2.05, 4.69) is 34.6 Å². The van der Waals surface area contributed by atoms with Crippen LogP contribution in [0.4, 0.5) is 0 Å². The van der Waals surface area contributed by atoms with Crippen LogP contribution in [0.25, 0.3) is 0 Å². The van der Waals surface area contributed by atoms with Gasteiger partial charge in [0, 0.05) is 6.61 Å². The minimum Gasteiger partial charge on any atom is -0.390 e. The Morgan fingerprint density at radius 1 is 0.839 bits per heavy atom. The van der Waals surface area contributed by atoms with Crippen molar-refractivity contribution in [2.45, 2.75) is 105 Å². The first-order valence-corrected chi connectivity index (χ1v) is 13.6. The van der Waals surface area contributed by atoms with Gasteiger partial charge in [0.25, 0.3) is 0 Å². The van der Waals surface area contributed by atoms with Crippen molar-refractivity contribution in [3.8, 4) is 0 Å². The predicted molar refractivity (Wildman–Crippen MR) is 124 cm³/mol. The second-order valence-corrected chi connectivity index (χ2v) is 13.2. The first kappa shape index (κ1) is 22.7. The molecule has 1 aliphatic heterocycles. The van der Waals surface area contributed by atoms with Crippen molar-refractivity contribution >= 4 is 0 Å². The summed E-state index contributed by atoms with van der Waals surface area (Å²) in [6.07, 6.45) is 11.4. The third kappa shape index (κ3) is 3.46. The van der Waals surface area contributed by atoms with Gasteiger partial charge >= 0.3 is 0 Å². The quantitative estimate of drug-likeness (QED) is 0.489. The minimum absolute atomic E-state index is 0.0438. The summed E-state index contributed by atoms with van der Waals surface area (Å²) in [5.74, 6) is 5.55. The third-order valence-electron chi connectivity index (χ3n) is 11.7. The van der Waals surface area contributed by atoms with Crippen LogP contribution in [-0.2, 0) is 9.47 Å². The highest BCUT2D eigenvalue weighted by Crippen LogP contribution is 2.69. The average Bonchev–Trinajstić information content (AvgIpc) is 2.95. The zero-order valence-corrected chi connectivity index (χ0v) is 20.8. The molecule has 0 spiro atoms. The predicted octanol–water partition coefficient (Wildman–Crippen LogP) is 6.29. The Labute approximate surface area is 191 Å². The van der Waals surface area contributed by atoms with Crippen molar-refractivity contribution in [2.75, 3.05) is 13.4 Å². The SMILES string of the molecule is CC1CCCCOCOC2C(O)C3[C@@H]4CCC5C[C@@H](C)C(C)C[C@]5(C)C4CC[C@]3(C)C12. The zero-order valence-electron chi connectivity index (χ0n) is 20.8. The molecule has 0 aromatic carbocycles. The molecule has 0 radical (unpaired) electrons. The molecule has 3 heteroatoms. The molecule has 1 N–H and O–H groups in total. The fourth-order valence-corrected chi connectivity index (χ4v) is 10.1. The van der Waals surface area contributed by atoms with Crippen LogP contribution in [0.1, 0.15) is 92.4 Å². The van der Waals surface area contributed by atoms with E-state index in [0.29, 0.717) is 35.9 Å². The molecule has 5 aliphatic rings. The van der Waals surface area contributed by atoms with Crippen molar-refractivity contribution in [3.63, 3.8) is 0 Å². The van der Waals surface area contributed by atoms with Gasteiger partial charge in [0.15, 0.2) is 0 Å². The monoisotopic (exact) mass is 432 g/mol. The molecule has 4 aliphatic carbocycles. The standard InChI is InChI=1S/C28H48O3/c1-17-8-6-7-13-30-16-31-26-23(17)27(4)12-11-22-21(24(27)25(26)29)10-9-20-14-18(2)19(3)15-28(20,22)5/h17-26,29H,6-16H2,1-5H3/t17?,18-,19?,20?,21-,22?,23?,24?,25?,26?,27-,28+/m1/s1. The molecule has 1 saturated heterocycles. The Hall–Kier alpha value is -0.120. The van der Waals surface area contributed by atoms with Crippen LogP contribution < -0.4 is 0 Å².